The first-order valence-electron chi connectivity index (χ1n) is 8.83. The fourth-order valence-electron chi connectivity index (χ4n) is 3.34. The Morgan fingerprint density at radius 1 is 1.19 bits per heavy atom. The standard InChI is InChI=1S/C21H23N3O2/c1-23-10-11-24(15-20(23)9-12-25)21(26)19-4-2-3-18(13-19)17-7-5-16(14-22)6-8-17/h2-8,13,20,25H,9-12,15H2,1H3/t20-/m1/s1. The second kappa shape index (κ2) is 8.13. The summed E-state index contributed by atoms with van der Waals surface area (Å²) >= 11 is 0. The Bertz CT molecular complexity index is 811. The van der Waals surface area contributed by atoms with Crippen molar-refractivity contribution in [2.75, 3.05) is 33.3 Å². The van der Waals surface area contributed by atoms with Gasteiger partial charge in [0.25, 0.3) is 5.91 Å². The fourth-order valence-corrected chi connectivity index (χ4v) is 3.34. The molecule has 5 heteroatoms. The molecule has 1 heterocycles. The summed E-state index contributed by atoms with van der Waals surface area (Å²) in [4.78, 5) is 17.0. The summed E-state index contributed by atoms with van der Waals surface area (Å²) in [5.41, 5.74) is 3.23. The van der Waals surface area contributed by atoms with E-state index in [0.29, 0.717) is 30.6 Å². The molecule has 5 nitrogen and oxygen atoms in total. The minimum absolute atomic E-state index is 0.0246. The van der Waals surface area contributed by atoms with Gasteiger partial charge < -0.3 is 10.0 Å². The van der Waals surface area contributed by atoms with Crippen molar-refractivity contribution in [3.63, 3.8) is 0 Å². The second-order valence-electron chi connectivity index (χ2n) is 6.67. The molecule has 0 unspecified atom stereocenters. The van der Waals surface area contributed by atoms with Gasteiger partial charge in [-0.15, -0.1) is 0 Å². The molecule has 2 aromatic carbocycles. The predicted molar refractivity (Wildman–Crippen MR) is 101 cm³/mol. The molecule has 1 saturated heterocycles. The van der Waals surface area contributed by atoms with Crippen LogP contribution in [-0.2, 0) is 0 Å². The van der Waals surface area contributed by atoms with E-state index in [1.807, 2.05) is 48.3 Å². The summed E-state index contributed by atoms with van der Waals surface area (Å²) in [6.07, 6.45) is 0.672. The molecule has 0 radical (unpaired) electrons. The van der Waals surface area contributed by atoms with Crippen LogP contribution in [0.1, 0.15) is 22.3 Å². The van der Waals surface area contributed by atoms with Crippen molar-refractivity contribution in [2.24, 2.45) is 0 Å². The number of likely N-dealkylation sites (N-methyl/N-ethyl adjacent to an activating group) is 1. The molecule has 1 amide bonds. The number of piperazine rings is 1. The van der Waals surface area contributed by atoms with Crippen molar-refractivity contribution < 1.29 is 9.90 Å². The maximum absolute atomic E-state index is 12.9. The van der Waals surface area contributed by atoms with Crippen LogP contribution >= 0.6 is 0 Å². The summed E-state index contributed by atoms with van der Waals surface area (Å²) in [6, 6.07) is 17.3. The van der Waals surface area contributed by atoms with Crippen molar-refractivity contribution in [1.82, 2.24) is 9.80 Å². The summed E-state index contributed by atoms with van der Waals surface area (Å²) < 4.78 is 0. The Morgan fingerprint density at radius 3 is 2.65 bits per heavy atom. The average Bonchev–Trinajstić information content (AvgIpc) is 2.69. The van der Waals surface area contributed by atoms with Crippen molar-refractivity contribution in [1.29, 1.82) is 5.26 Å². The maximum atomic E-state index is 12.9. The molecule has 1 aliphatic heterocycles. The van der Waals surface area contributed by atoms with Crippen LogP contribution in [0.15, 0.2) is 48.5 Å². The molecular weight excluding hydrogens is 326 g/mol. The molecule has 1 atom stereocenters. The number of aliphatic hydroxyl groups is 1. The van der Waals surface area contributed by atoms with E-state index in [2.05, 4.69) is 11.0 Å². The molecule has 26 heavy (non-hydrogen) atoms. The van der Waals surface area contributed by atoms with Crippen molar-refractivity contribution in [3.8, 4) is 17.2 Å². The lowest BCUT2D eigenvalue weighted by Crippen LogP contribution is -2.53. The van der Waals surface area contributed by atoms with Crippen LogP contribution in [0.5, 0.6) is 0 Å². The summed E-state index contributed by atoms with van der Waals surface area (Å²) in [5, 5.41) is 18.1. The van der Waals surface area contributed by atoms with Gasteiger partial charge in [0.1, 0.15) is 0 Å². The monoisotopic (exact) mass is 349 g/mol. The molecule has 1 aliphatic rings. The molecule has 0 saturated carbocycles. The minimum atomic E-state index is 0.0246. The van der Waals surface area contributed by atoms with Crippen LogP contribution < -0.4 is 0 Å². The number of hydrogen-bond acceptors (Lipinski definition) is 4. The zero-order valence-corrected chi connectivity index (χ0v) is 14.9. The lowest BCUT2D eigenvalue weighted by atomic mass is 10.0. The van der Waals surface area contributed by atoms with E-state index >= 15 is 0 Å². The van der Waals surface area contributed by atoms with Crippen LogP contribution in [0.25, 0.3) is 11.1 Å². The molecular formula is C21H23N3O2. The van der Waals surface area contributed by atoms with E-state index in [9.17, 15) is 9.90 Å². The van der Waals surface area contributed by atoms with Gasteiger partial charge in [-0.25, -0.2) is 0 Å². The topological polar surface area (TPSA) is 67.6 Å². The Balaban J connectivity index is 1.78. The number of hydrogen-bond donors (Lipinski definition) is 1. The van der Waals surface area contributed by atoms with Gasteiger partial charge in [-0.3, -0.25) is 9.69 Å². The van der Waals surface area contributed by atoms with Gasteiger partial charge in [0.15, 0.2) is 0 Å². The third-order valence-corrected chi connectivity index (χ3v) is 4.98. The van der Waals surface area contributed by atoms with Crippen LogP contribution in [0.4, 0.5) is 0 Å². The fraction of sp³-hybridized carbons (Fsp3) is 0.333. The van der Waals surface area contributed by atoms with Crippen LogP contribution in [0.2, 0.25) is 0 Å². The summed E-state index contributed by atoms with van der Waals surface area (Å²) in [7, 11) is 2.04. The number of carbonyl (C=O) groups is 1. The molecule has 0 aliphatic carbocycles. The van der Waals surface area contributed by atoms with Crippen molar-refractivity contribution in [2.45, 2.75) is 12.5 Å². The van der Waals surface area contributed by atoms with E-state index in [4.69, 9.17) is 5.26 Å². The quantitative estimate of drug-likeness (QED) is 0.920. The average molecular weight is 349 g/mol. The summed E-state index contributed by atoms with van der Waals surface area (Å²) in [6.45, 7) is 2.27. The second-order valence-corrected chi connectivity index (χ2v) is 6.67. The Kier molecular flexibility index (Phi) is 5.67. The van der Waals surface area contributed by atoms with Gasteiger partial charge in [-0.2, -0.15) is 5.26 Å². The zero-order chi connectivity index (χ0) is 18.5. The summed E-state index contributed by atoms with van der Waals surface area (Å²) in [5.74, 6) is 0.0246. The lowest BCUT2D eigenvalue weighted by Gasteiger charge is -2.39. The van der Waals surface area contributed by atoms with E-state index < -0.39 is 0 Å². The van der Waals surface area contributed by atoms with Crippen molar-refractivity contribution in [3.05, 3.63) is 59.7 Å². The third kappa shape index (κ3) is 3.93. The molecule has 1 N–H and O–H groups in total. The largest absolute Gasteiger partial charge is 0.396 e. The number of benzene rings is 2. The van der Waals surface area contributed by atoms with Crippen molar-refractivity contribution >= 4 is 5.91 Å². The molecule has 2 aromatic rings. The highest BCUT2D eigenvalue weighted by atomic mass is 16.3. The Hall–Kier alpha value is -2.68. The van der Waals surface area contributed by atoms with E-state index in [1.54, 1.807) is 12.1 Å². The highest BCUT2D eigenvalue weighted by Crippen LogP contribution is 2.22. The molecule has 0 bridgehead atoms. The smallest absolute Gasteiger partial charge is 0.253 e. The molecule has 3 rings (SSSR count). The molecule has 0 spiro atoms. The number of amides is 1. The third-order valence-electron chi connectivity index (χ3n) is 4.98. The van der Waals surface area contributed by atoms with Gasteiger partial charge in [-0.05, 0) is 48.9 Å². The number of carbonyl (C=O) groups excluding carboxylic acids is 1. The first-order valence-corrected chi connectivity index (χ1v) is 8.83. The highest BCUT2D eigenvalue weighted by molar-refractivity contribution is 5.95. The maximum Gasteiger partial charge on any atom is 0.253 e. The zero-order valence-electron chi connectivity index (χ0n) is 14.9. The van der Waals surface area contributed by atoms with E-state index in [0.717, 1.165) is 17.7 Å². The van der Waals surface area contributed by atoms with Crippen LogP contribution in [0.3, 0.4) is 0 Å². The number of nitrogens with zero attached hydrogens (tertiary/aromatic N) is 3. The highest BCUT2D eigenvalue weighted by Gasteiger charge is 2.27. The molecule has 134 valence electrons. The van der Waals surface area contributed by atoms with E-state index in [1.165, 1.54) is 0 Å². The lowest BCUT2D eigenvalue weighted by molar-refractivity contribution is 0.0500. The first-order chi connectivity index (χ1) is 12.6. The minimum Gasteiger partial charge on any atom is -0.396 e. The van der Waals surface area contributed by atoms with E-state index in [-0.39, 0.29) is 18.6 Å². The van der Waals surface area contributed by atoms with Gasteiger partial charge in [0.2, 0.25) is 0 Å². The van der Waals surface area contributed by atoms with Gasteiger partial charge >= 0.3 is 0 Å². The number of rotatable bonds is 4. The Labute approximate surface area is 154 Å². The normalized spacial score (nSPS) is 17.7. The molecule has 0 aromatic heterocycles. The Morgan fingerprint density at radius 2 is 1.96 bits per heavy atom. The first kappa shape index (κ1) is 18.1. The number of nitriles is 1. The van der Waals surface area contributed by atoms with Gasteiger partial charge in [0, 0.05) is 37.8 Å². The van der Waals surface area contributed by atoms with Gasteiger partial charge in [-0.1, -0.05) is 24.3 Å². The van der Waals surface area contributed by atoms with Crippen LogP contribution in [0, 0.1) is 11.3 Å². The predicted octanol–water partition coefficient (Wildman–Crippen LogP) is 2.36. The number of aliphatic hydroxyl groups excluding tert-OH is 1. The SMILES string of the molecule is CN1CCN(C(=O)c2cccc(-c3ccc(C#N)cc3)c2)C[C@H]1CCO. The molecule has 1 fully saturated rings. The van der Waals surface area contributed by atoms with Crippen LogP contribution in [-0.4, -0.2) is 60.1 Å². The van der Waals surface area contributed by atoms with Gasteiger partial charge in [0.05, 0.1) is 11.6 Å².